The highest BCUT2D eigenvalue weighted by Gasteiger charge is 2.49. The number of fused-ring (bicyclic) bond motifs is 2. The van der Waals surface area contributed by atoms with E-state index in [4.69, 9.17) is 12.2 Å². The Hall–Kier alpha value is -3.11. The van der Waals surface area contributed by atoms with Gasteiger partial charge in [-0.15, -0.1) is 0 Å². The molecule has 2 N–H and O–H groups in total. The molecule has 10 heteroatoms. The number of aromatic amines is 1. The van der Waals surface area contributed by atoms with E-state index in [1.807, 2.05) is 19.1 Å². The molecule has 1 amide bonds. The van der Waals surface area contributed by atoms with Crippen LogP contribution in [0.15, 0.2) is 35.1 Å². The summed E-state index contributed by atoms with van der Waals surface area (Å²) in [6.45, 7) is 4.64. The number of rotatable bonds is 5. The molecule has 2 aliphatic rings. The second kappa shape index (κ2) is 8.35. The van der Waals surface area contributed by atoms with Crippen LogP contribution in [0.3, 0.4) is 0 Å². The molecule has 1 aromatic carbocycles. The number of halogens is 1. The monoisotopic (exact) mass is 468 g/mol. The van der Waals surface area contributed by atoms with Crippen molar-refractivity contribution >= 4 is 34.7 Å². The molecule has 3 aromatic rings. The van der Waals surface area contributed by atoms with Crippen LogP contribution in [0.2, 0.25) is 0 Å². The Morgan fingerprint density at radius 1 is 1.27 bits per heavy atom. The lowest BCUT2D eigenvalue weighted by Gasteiger charge is -2.35. The van der Waals surface area contributed by atoms with Gasteiger partial charge >= 0.3 is 5.69 Å². The van der Waals surface area contributed by atoms with Gasteiger partial charge in [0.25, 0.3) is 5.91 Å². The van der Waals surface area contributed by atoms with Crippen LogP contribution in [-0.2, 0) is 13.1 Å². The van der Waals surface area contributed by atoms with Crippen molar-refractivity contribution in [1.29, 1.82) is 0 Å². The standard InChI is InChI=1S/C23H25FN6O2S/c1-3-29-22(33)14-5-4-13(10-16(14)27-23(29)32)12-28-8-9-30(19-11-18(19)28)17-7-6-15(21(31)25-2)26-20(17)24/h4-7,10,18-19H,3,8-9,11-12H2,1-2H3,(H,25,31)(H,27,32). The maximum absolute atomic E-state index is 14.6. The first-order valence-corrected chi connectivity index (χ1v) is 11.5. The van der Waals surface area contributed by atoms with Gasteiger partial charge in [0.1, 0.15) is 10.3 Å². The summed E-state index contributed by atoms with van der Waals surface area (Å²) in [5.74, 6) is -1.02. The highest BCUT2D eigenvalue weighted by Crippen LogP contribution is 2.40. The third-order valence-corrected chi connectivity index (χ3v) is 7.01. The number of carbonyl (C=O) groups is 1. The fourth-order valence-corrected chi connectivity index (χ4v) is 5.17. The number of hydrogen-bond donors (Lipinski definition) is 2. The number of nitrogens with zero attached hydrogens (tertiary/aromatic N) is 4. The molecular weight excluding hydrogens is 443 g/mol. The minimum atomic E-state index is -0.613. The lowest BCUT2D eigenvalue weighted by molar-refractivity contribution is 0.0957. The van der Waals surface area contributed by atoms with Gasteiger partial charge in [-0.2, -0.15) is 4.39 Å². The number of aromatic nitrogens is 3. The molecule has 8 nitrogen and oxygen atoms in total. The molecule has 1 aliphatic carbocycles. The van der Waals surface area contributed by atoms with E-state index in [2.05, 4.69) is 31.2 Å². The van der Waals surface area contributed by atoms with Crippen molar-refractivity contribution in [3.8, 4) is 0 Å². The SMILES string of the molecule is CCn1c(=O)[nH]c2cc(CN3CCN(c4ccc(C(=O)NC)nc4F)C4CC43)ccc2c1=S. The second-order valence-corrected chi connectivity index (χ2v) is 8.87. The molecule has 1 saturated carbocycles. The molecule has 0 radical (unpaired) electrons. The summed E-state index contributed by atoms with van der Waals surface area (Å²) >= 11 is 5.48. The average molecular weight is 469 g/mol. The van der Waals surface area contributed by atoms with Crippen molar-refractivity contribution in [2.24, 2.45) is 0 Å². The fraction of sp³-hybridized carbons (Fsp3) is 0.391. The zero-order valence-corrected chi connectivity index (χ0v) is 19.3. The average Bonchev–Trinajstić information content (AvgIpc) is 3.60. The van der Waals surface area contributed by atoms with Gasteiger partial charge in [-0.25, -0.2) is 9.78 Å². The minimum absolute atomic E-state index is 0.0748. The fourth-order valence-electron chi connectivity index (χ4n) is 4.78. The van der Waals surface area contributed by atoms with E-state index >= 15 is 0 Å². The van der Waals surface area contributed by atoms with E-state index < -0.39 is 11.9 Å². The Bertz CT molecular complexity index is 1370. The van der Waals surface area contributed by atoms with Crippen molar-refractivity contribution < 1.29 is 9.18 Å². The zero-order chi connectivity index (χ0) is 23.3. The van der Waals surface area contributed by atoms with E-state index in [0.29, 0.717) is 29.5 Å². The topological polar surface area (TPSA) is 86.3 Å². The Morgan fingerprint density at radius 2 is 2.09 bits per heavy atom. The molecule has 1 aliphatic heterocycles. The van der Waals surface area contributed by atoms with Crippen molar-refractivity contribution in [2.75, 3.05) is 25.0 Å². The molecule has 2 unspecified atom stereocenters. The number of piperazine rings is 1. The zero-order valence-electron chi connectivity index (χ0n) is 18.5. The molecule has 5 rings (SSSR count). The molecule has 3 heterocycles. The number of carbonyl (C=O) groups excluding carboxylic acids is 1. The maximum atomic E-state index is 14.6. The number of H-pyrrole nitrogens is 1. The molecular formula is C23H25FN6O2S. The molecule has 2 aromatic heterocycles. The van der Waals surface area contributed by atoms with Gasteiger partial charge in [0.15, 0.2) is 0 Å². The van der Waals surface area contributed by atoms with Crippen LogP contribution in [0, 0.1) is 10.6 Å². The van der Waals surface area contributed by atoms with Crippen LogP contribution in [0.4, 0.5) is 10.1 Å². The molecule has 33 heavy (non-hydrogen) atoms. The van der Waals surface area contributed by atoms with Crippen molar-refractivity contribution in [1.82, 2.24) is 24.8 Å². The smallest absolute Gasteiger partial charge is 0.326 e. The van der Waals surface area contributed by atoms with Crippen molar-refractivity contribution in [3.05, 3.63) is 62.7 Å². The van der Waals surface area contributed by atoms with Gasteiger partial charge in [0, 0.05) is 50.7 Å². The van der Waals surface area contributed by atoms with Gasteiger partial charge in [0.05, 0.1) is 11.2 Å². The summed E-state index contributed by atoms with van der Waals surface area (Å²) in [5.41, 5.74) is 2.18. The number of amides is 1. The summed E-state index contributed by atoms with van der Waals surface area (Å²) in [7, 11) is 1.49. The third-order valence-electron chi connectivity index (χ3n) is 6.57. The summed E-state index contributed by atoms with van der Waals surface area (Å²) in [6, 6.07) is 9.80. The lowest BCUT2D eigenvalue weighted by atomic mass is 10.1. The van der Waals surface area contributed by atoms with Crippen LogP contribution >= 0.6 is 12.2 Å². The number of benzene rings is 1. The molecule has 0 bridgehead atoms. The van der Waals surface area contributed by atoms with Gasteiger partial charge in [0.2, 0.25) is 5.95 Å². The Balaban J connectivity index is 1.32. The minimum Gasteiger partial charge on any atom is -0.362 e. The normalized spacial score (nSPS) is 20.0. The maximum Gasteiger partial charge on any atom is 0.326 e. The summed E-state index contributed by atoms with van der Waals surface area (Å²) < 4.78 is 16.8. The molecule has 0 spiro atoms. The van der Waals surface area contributed by atoms with E-state index in [-0.39, 0.29) is 17.4 Å². The highest BCUT2D eigenvalue weighted by molar-refractivity contribution is 7.71. The number of pyridine rings is 1. The van der Waals surface area contributed by atoms with Crippen LogP contribution in [0.5, 0.6) is 0 Å². The summed E-state index contributed by atoms with van der Waals surface area (Å²) in [4.78, 5) is 35.2. The molecule has 2 atom stereocenters. The first-order valence-electron chi connectivity index (χ1n) is 11.1. The van der Waals surface area contributed by atoms with Crippen molar-refractivity contribution in [3.63, 3.8) is 0 Å². The predicted octanol–water partition coefficient (Wildman–Crippen LogP) is 2.44. The molecule has 172 valence electrons. The summed E-state index contributed by atoms with van der Waals surface area (Å²) in [6.07, 6.45) is 0.952. The first kappa shape index (κ1) is 21.7. The third kappa shape index (κ3) is 3.83. The molecule has 2 fully saturated rings. The van der Waals surface area contributed by atoms with Crippen LogP contribution in [0.25, 0.3) is 10.9 Å². The van der Waals surface area contributed by atoms with Gasteiger partial charge in [-0.1, -0.05) is 18.3 Å². The molecule has 1 saturated heterocycles. The Morgan fingerprint density at radius 3 is 2.82 bits per heavy atom. The van der Waals surface area contributed by atoms with E-state index in [0.717, 1.165) is 36.0 Å². The first-order chi connectivity index (χ1) is 15.9. The quantitative estimate of drug-likeness (QED) is 0.442. The van der Waals surface area contributed by atoms with Crippen molar-refractivity contribution in [2.45, 2.75) is 38.5 Å². The lowest BCUT2D eigenvalue weighted by Crippen LogP contribution is -2.46. The van der Waals surface area contributed by atoms with Gasteiger partial charge in [-0.3, -0.25) is 14.3 Å². The number of anilines is 1. The van der Waals surface area contributed by atoms with Crippen LogP contribution in [-0.4, -0.2) is 57.6 Å². The highest BCUT2D eigenvalue weighted by atomic mass is 32.1. The Kier molecular flexibility index (Phi) is 5.49. The van der Waals surface area contributed by atoms with E-state index in [1.54, 1.807) is 16.7 Å². The Labute approximate surface area is 195 Å². The van der Waals surface area contributed by atoms with E-state index in [9.17, 15) is 14.0 Å². The number of hydrogen-bond acceptors (Lipinski definition) is 6. The van der Waals surface area contributed by atoms with Gasteiger partial charge in [-0.05, 0) is 43.2 Å². The van der Waals surface area contributed by atoms with Crippen LogP contribution < -0.4 is 15.9 Å². The summed E-state index contributed by atoms with van der Waals surface area (Å²) in [5, 5.41) is 3.33. The van der Waals surface area contributed by atoms with Gasteiger partial charge < -0.3 is 15.2 Å². The van der Waals surface area contributed by atoms with Crippen LogP contribution in [0.1, 0.15) is 29.4 Å². The van der Waals surface area contributed by atoms with E-state index in [1.165, 1.54) is 7.05 Å². The number of nitrogens with one attached hydrogen (secondary N) is 2. The predicted molar refractivity (Wildman–Crippen MR) is 127 cm³/mol. The largest absolute Gasteiger partial charge is 0.362 e. The second-order valence-electron chi connectivity index (χ2n) is 8.48.